The van der Waals surface area contributed by atoms with E-state index in [4.69, 9.17) is 10.1 Å². The highest BCUT2D eigenvalue weighted by Gasteiger charge is 2.30. The Morgan fingerprint density at radius 2 is 1.70 bits per heavy atom. The largest absolute Gasteiger partial charge is 0.259 e. The summed E-state index contributed by atoms with van der Waals surface area (Å²) in [6, 6.07) is 22.7. The van der Waals surface area contributed by atoms with Crippen molar-refractivity contribution in [3.63, 3.8) is 0 Å². The fourth-order valence-corrected chi connectivity index (χ4v) is 4.01. The van der Waals surface area contributed by atoms with Gasteiger partial charge in [-0.05, 0) is 41.8 Å². The van der Waals surface area contributed by atoms with Crippen LogP contribution in [0.4, 0.5) is 10.2 Å². The third-order valence-electron chi connectivity index (χ3n) is 5.48. The summed E-state index contributed by atoms with van der Waals surface area (Å²) in [5, 5.41) is 4.96. The van der Waals surface area contributed by atoms with Gasteiger partial charge in [0.2, 0.25) is 0 Å². The molecule has 0 saturated heterocycles. The molecular formula is C25H21FN4. The molecule has 2 aromatic carbocycles. The fraction of sp³-hybridized carbons (Fsp3) is 0.160. The minimum Gasteiger partial charge on any atom is -0.259 e. The molecule has 4 aromatic rings. The van der Waals surface area contributed by atoms with E-state index in [1.165, 1.54) is 12.1 Å². The monoisotopic (exact) mass is 396 g/mol. The summed E-state index contributed by atoms with van der Waals surface area (Å²) in [6.07, 6.45) is 3.26. The van der Waals surface area contributed by atoms with Crippen LogP contribution < -0.4 is 0 Å². The zero-order valence-corrected chi connectivity index (χ0v) is 16.7. The van der Waals surface area contributed by atoms with Gasteiger partial charge in [0.05, 0.1) is 17.1 Å². The van der Waals surface area contributed by atoms with Crippen molar-refractivity contribution in [2.45, 2.75) is 25.8 Å². The summed E-state index contributed by atoms with van der Waals surface area (Å²) < 4.78 is 15.5. The van der Waals surface area contributed by atoms with Crippen LogP contribution in [0.1, 0.15) is 36.3 Å². The Kier molecular flexibility index (Phi) is 4.71. The molecule has 1 aliphatic rings. The maximum atomic E-state index is 13.5. The van der Waals surface area contributed by atoms with E-state index in [0.29, 0.717) is 6.42 Å². The number of hydrogen-bond donors (Lipinski definition) is 0. The van der Waals surface area contributed by atoms with Crippen molar-refractivity contribution in [3.8, 4) is 11.1 Å². The van der Waals surface area contributed by atoms with Crippen LogP contribution in [-0.4, -0.2) is 20.5 Å². The zero-order chi connectivity index (χ0) is 20.5. The summed E-state index contributed by atoms with van der Waals surface area (Å²) in [7, 11) is 0. The average molecular weight is 396 g/mol. The normalized spacial score (nSPS) is 15.5. The smallest absolute Gasteiger partial charge is 0.159 e. The van der Waals surface area contributed by atoms with Crippen LogP contribution in [0.3, 0.4) is 0 Å². The van der Waals surface area contributed by atoms with Gasteiger partial charge in [-0.25, -0.2) is 14.1 Å². The van der Waals surface area contributed by atoms with Gasteiger partial charge >= 0.3 is 0 Å². The molecule has 0 spiro atoms. The van der Waals surface area contributed by atoms with Gasteiger partial charge in [0.1, 0.15) is 11.9 Å². The lowest BCUT2D eigenvalue weighted by Gasteiger charge is -2.24. The first-order valence-corrected chi connectivity index (χ1v) is 10.2. The summed E-state index contributed by atoms with van der Waals surface area (Å²) in [5.41, 5.74) is 5.94. The first-order chi connectivity index (χ1) is 14.7. The number of aryl methyl sites for hydroxylation is 1. The molecular weight excluding hydrogens is 375 g/mol. The molecule has 148 valence electrons. The number of aliphatic imine (C=N–C) groups is 1. The molecule has 30 heavy (non-hydrogen) atoms. The van der Waals surface area contributed by atoms with Gasteiger partial charge in [-0.1, -0.05) is 55.5 Å². The maximum absolute atomic E-state index is 13.5. The van der Waals surface area contributed by atoms with Gasteiger partial charge in [0, 0.05) is 18.2 Å². The maximum Gasteiger partial charge on any atom is 0.159 e. The molecule has 3 heterocycles. The van der Waals surface area contributed by atoms with Crippen molar-refractivity contribution >= 4 is 11.5 Å². The highest BCUT2D eigenvalue weighted by Crippen LogP contribution is 2.41. The molecule has 5 rings (SSSR count). The quantitative estimate of drug-likeness (QED) is 0.440. The molecule has 0 N–H and O–H groups in total. The topological polar surface area (TPSA) is 43.1 Å². The number of rotatable bonds is 4. The lowest BCUT2D eigenvalue weighted by atomic mass is 9.97. The van der Waals surface area contributed by atoms with Gasteiger partial charge < -0.3 is 0 Å². The zero-order valence-electron chi connectivity index (χ0n) is 16.7. The number of fused-ring (bicyclic) bond motifs is 1. The molecule has 0 bridgehead atoms. The first kappa shape index (κ1) is 18.4. The van der Waals surface area contributed by atoms with Crippen molar-refractivity contribution in [1.82, 2.24) is 14.8 Å². The minimum atomic E-state index is -0.250. The predicted octanol–water partition coefficient (Wildman–Crippen LogP) is 5.76. The Balaban J connectivity index is 1.74. The standard InChI is InChI=1S/C25H21FN4/c1-2-20-24(18-8-4-3-5-9-18)25-28-22(17-11-13-19(26)14-12-17)16-23(30(25)29-20)21-10-6-7-15-27-21/h3-15,23H,2,16H2,1H3. The van der Waals surface area contributed by atoms with Crippen LogP contribution >= 0.6 is 0 Å². The van der Waals surface area contributed by atoms with Crippen LogP contribution in [0.15, 0.2) is 84.0 Å². The van der Waals surface area contributed by atoms with E-state index in [-0.39, 0.29) is 11.9 Å². The van der Waals surface area contributed by atoms with E-state index >= 15 is 0 Å². The molecule has 0 fully saturated rings. The highest BCUT2D eigenvalue weighted by atomic mass is 19.1. The second kappa shape index (κ2) is 7.67. The number of pyridine rings is 1. The van der Waals surface area contributed by atoms with Crippen LogP contribution in [0.2, 0.25) is 0 Å². The fourth-order valence-electron chi connectivity index (χ4n) is 4.01. The van der Waals surface area contributed by atoms with Gasteiger partial charge in [-0.15, -0.1) is 0 Å². The van der Waals surface area contributed by atoms with E-state index in [0.717, 1.165) is 46.0 Å². The molecule has 4 nitrogen and oxygen atoms in total. The average Bonchev–Trinajstić information content (AvgIpc) is 3.18. The summed E-state index contributed by atoms with van der Waals surface area (Å²) in [4.78, 5) is 9.64. The molecule has 1 aliphatic heterocycles. The van der Waals surface area contributed by atoms with Gasteiger partial charge in [0.25, 0.3) is 0 Å². The summed E-state index contributed by atoms with van der Waals surface area (Å²) in [6.45, 7) is 2.11. The second-order valence-electron chi connectivity index (χ2n) is 7.35. The number of benzene rings is 2. The molecule has 5 heteroatoms. The van der Waals surface area contributed by atoms with Crippen LogP contribution in [0.5, 0.6) is 0 Å². The number of hydrogen-bond acceptors (Lipinski definition) is 3. The van der Waals surface area contributed by atoms with E-state index in [2.05, 4.69) is 24.0 Å². The summed E-state index contributed by atoms with van der Waals surface area (Å²) in [5.74, 6) is 0.582. The molecule has 2 aromatic heterocycles. The Morgan fingerprint density at radius 1 is 0.933 bits per heavy atom. The molecule has 0 saturated carbocycles. The lowest BCUT2D eigenvalue weighted by Crippen LogP contribution is -2.22. The first-order valence-electron chi connectivity index (χ1n) is 10.2. The van der Waals surface area contributed by atoms with Crippen molar-refractivity contribution in [2.24, 2.45) is 4.99 Å². The SMILES string of the molecule is CCc1nn2c(c1-c1ccccc1)N=C(c1ccc(F)cc1)CC2c1ccccn1. The molecule has 0 aliphatic carbocycles. The van der Waals surface area contributed by atoms with Gasteiger partial charge in [-0.3, -0.25) is 4.98 Å². The molecule has 0 amide bonds. The van der Waals surface area contributed by atoms with Crippen molar-refractivity contribution in [2.75, 3.05) is 0 Å². The van der Waals surface area contributed by atoms with Crippen LogP contribution in [0.25, 0.3) is 11.1 Å². The van der Waals surface area contributed by atoms with Gasteiger partial charge in [0.15, 0.2) is 5.82 Å². The highest BCUT2D eigenvalue weighted by molar-refractivity contribution is 6.04. The number of nitrogens with zero attached hydrogens (tertiary/aromatic N) is 4. The third-order valence-corrected chi connectivity index (χ3v) is 5.48. The van der Waals surface area contributed by atoms with Gasteiger partial charge in [-0.2, -0.15) is 5.10 Å². The molecule has 0 radical (unpaired) electrons. The Morgan fingerprint density at radius 3 is 2.40 bits per heavy atom. The number of aromatic nitrogens is 3. The Labute approximate surface area is 174 Å². The number of halogens is 1. The van der Waals surface area contributed by atoms with E-state index in [1.54, 1.807) is 18.3 Å². The summed E-state index contributed by atoms with van der Waals surface area (Å²) >= 11 is 0. The second-order valence-corrected chi connectivity index (χ2v) is 7.35. The Bertz CT molecular complexity index is 1200. The molecule has 1 atom stereocenters. The van der Waals surface area contributed by atoms with Crippen LogP contribution in [-0.2, 0) is 6.42 Å². The van der Waals surface area contributed by atoms with E-state index < -0.39 is 0 Å². The minimum absolute atomic E-state index is 0.0680. The van der Waals surface area contributed by atoms with E-state index in [9.17, 15) is 4.39 Å². The van der Waals surface area contributed by atoms with Crippen molar-refractivity contribution in [1.29, 1.82) is 0 Å². The predicted molar refractivity (Wildman–Crippen MR) is 117 cm³/mol. The Hall–Kier alpha value is -3.60. The van der Waals surface area contributed by atoms with Crippen molar-refractivity contribution in [3.05, 3.63) is 102 Å². The van der Waals surface area contributed by atoms with Crippen molar-refractivity contribution < 1.29 is 4.39 Å². The molecule has 1 unspecified atom stereocenters. The lowest BCUT2D eigenvalue weighted by molar-refractivity contribution is 0.516. The third kappa shape index (κ3) is 3.22. The van der Waals surface area contributed by atoms with Crippen LogP contribution in [0, 0.1) is 5.82 Å². The van der Waals surface area contributed by atoms with E-state index in [1.807, 2.05) is 41.1 Å².